The number of pyridine rings is 1. The lowest BCUT2D eigenvalue weighted by Gasteiger charge is -2.12. The Labute approximate surface area is 160 Å². The number of hydrogen-bond donors (Lipinski definition) is 1. The monoisotopic (exact) mass is 414 g/mol. The third-order valence-corrected chi connectivity index (χ3v) is 4.95. The molecule has 2 aromatic rings. The van der Waals surface area contributed by atoms with Crippen molar-refractivity contribution in [1.82, 2.24) is 9.71 Å². The quantitative estimate of drug-likeness (QED) is 0.579. The van der Waals surface area contributed by atoms with E-state index in [2.05, 4.69) is 4.98 Å². The molecule has 1 N–H and O–H groups in total. The van der Waals surface area contributed by atoms with Crippen LogP contribution in [0.1, 0.15) is 18.2 Å². The minimum Gasteiger partial charge on any atom is -0.463 e. The fraction of sp³-hybridized carbons (Fsp3) is 0.222. The molecule has 0 saturated heterocycles. The Hall–Kier alpha value is -2.72. The number of benzene rings is 1. The van der Waals surface area contributed by atoms with Gasteiger partial charge in [0.1, 0.15) is 0 Å². The zero-order valence-corrected chi connectivity index (χ0v) is 15.8. The first kappa shape index (κ1) is 21.6. The third kappa shape index (κ3) is 5.40. The number of carbonyl (C=O) groups is 1. The summed E-state index contributed by atoms with van der Waals surface area (Å²) in [7, 11) is -3.00. The molecule has 0 aliphatic carbocycles. The number of esters is 1. The van der Waals surface area contributed by atoms with E-state index in [1.807, 2.05) is 4.72 Å². The highest BCUT2D eigenvalue weighted by molar-refractivity contribution is 7.89. The van der Waals surface area contributed by atoms with Crippen molar-refractivity contribution in [2.45, 2.75) is 18.0 Å². The molecule has 28 heavy (non-hydrogen) atoms. The van der Waals surface area contributed by atoms with Crippen molar-refractivity contribution >= 4 is 22.1 Å². The SMILES string of the molecule is CCOC(=O)C=Cc1cccc(-c2cc(C(F)(F)F)cc(S(=O)(=O)NC)c2)n1. The number of halogens is 3. The summed E-state index contributed by atoms with van der Waals surface area (Å²) in [5.41, 5.74) is -0.742. The number of nitrogens with zero attached hydrogens (tertiary/aromatic N) is 1. The molecule has 0 spiro atoms. The summed E-state index contributed by atoms with van der Waals surface area (Å²) >= 11 is 0. The van der Waals surface area contributed by atoms with Gasteiger partial charge in [0, 0.05) is 11.6 Å². The van der Waals surface area contributed by atoms with Gasteiger partial charge in [-0.15, -0.1) is 0 Å². The second-order valence-corrected chi connectivity index (χ2v) is 7.37. The Balaban J connectivity index is 2.54. The summed E-state index contributed by atoms with van der Waals surface area (Å²) < 4.78 is 70.4. The smallest absolute Gasteiger partial charge is 0.416 e. The Morgan fingerprint density at radius 2 is 1.96 bits per heavy atom. The Kier molecular flexibility index (Phi) is 6.57. The van der Waals surface area contributed by atoms with Gasteiger partial charge in [0.2, 0.25) is 10.0 Å². The Morgan fingerprint density at radius 3 is 2.57 bits per heavy atom. The van der Waals surface area contributed by atoms with Crippen molar-refractivity contribution < 1.29 is 31.1 Å². The van der Waals surface area contributed by atoms with Crippen LogP contribution < -0.4 is 4.72 Å². The van der Waals surface area contributed by atoms with Crippen molar-refractivity contribution in [3.8, 4) is 11.3 Å². The molecule has 1 aromatic heterocycles. The highest BCUT2D eigenvalue weighted by Crippen LogP contribution is 2.34. The van der Waals surface area contributed by atoms with E-state index in [-0.39, 0.29) is 17.9 Å². The average Bonchev–Trinajstić information content (AvgIpc) is 2.66. The predicted octanol–water partition coefficient (Wildman–Crippen LogP) is 3.25. The summed E-state index contributed by atoms with van der Waals surface area (Å²) in [5, 5.41) is 0. The van der Waals surface area contributed by atoms with E-state index < -0.39 is 32.6 Å². The Morgan fingerprint density at radius 1 is 1.25 bits per heavy atom. The molecule has 6 nitrogen and oxygen atoms in total. The molecule has 150 valence electrons. The first-order valence-corrected chi connectivity index (χ1v) is 9.53. The van der Waals surface area contributed by atoms with Crippen LogP contribution in [0.25, 0.3) is 17.3 Å². The fourth-order valence-corrected chi connectivity index (χ4v) is 3.03. The van der Waals surface area contributed by atoms with E-state index in [0.29, 0.717) is 11.8 Å². The molecule has 0 radical (unpaired) electrons. The highest BCUT2D eigenvalue weighted by Gasteiger charge is 2.32. The number of rotatable bonds is 6. The number of sulfonamides is 1. The second kappa shape index (κ2) is 8.53. The van der Waals surface area contributed by atoms with Gasteiger partial charge in [0.15, 0.2) is 0 Å². The lowest BCUT2D eigenvalue weighted by Crippen LogP contribution is -2.19. The molecule has 10 heteroatoms. The van der Waals surface area contributed by atoms with Crippen LogP contribution in [0.2, 0.25) is 0 Å². The van der Waals surface area contributed by atoms with E-state index in [1.165, 1.54) is 24.3 Å². The maximum absolute atomic E-state index is 13.2. The highest BCUT2D eigenvalue weighted by atomic mass is 32.2. The summed E-state index contributed by atoms with van der Waals surface area (Å²) in [4.78, 5) is 15.0. The van der Waals surface area contributed by atoms with E-state index in [4.69, 9.17) is 4.74 Å². The minimum atomic E-state index is -4.74. The van der Waals surface area contributed by atoms with Crippen LogP contribution in [-0.4, -0.2) is 33.0 Å². The van der Waals surface area contributed by atoms with Crippen molar-refractivity contribution in [2.75, 3.05) is 13.7 Å². The maximum Gasteiger partial charge on any atom is 0.416 e. The van der Waals surface area contributed by atoms with Gasteiger partial charge in [-0.25, -0.2) is 22.9 Å². The number of alkyl halides is 3. The van der Waals surface area contributed by atoms with Crippen molar-refractivity contribution in [3.05, 3.63) is 53.7 Å². The van der Waals surface area contributed by atoms with Crippen LogP contribution in [-0.2, 0) is 25.7 Å². The zero-order valence-electron chi connectivity index (χ0n) is 14.9. The molecule has 1 heterocycles. The summed E-state index contributed by atoms with van der Waals surface area (Å²) in [6.07, 6.45) is -2.26. The molecule has 0 atom stereocenters. The minimum absolute atomic E-state index is 0.0324. The van der Waals surface area contributed by atoms with Crippen LogP contribution in [0, 0.1) is 0 Å². The second-order valence-electron chi connectivity index (χ2n) is 5.48. The normalized spacial score (nSPS) is 12.3. The van der Waals surface area contributed by atoms with Crippen molar-refractivity contribution in [3.63, 3.8) is 0 Å². The summed E-state index contributed by atoms with van der Waals surface area (Å²) in [6.45, 7) is 1.85. The molecule has 0 aliphatic heterocycles. The van der Waals surface area contributed by atoms with Crippen LogP contribution in [0.4, 0.5) is 13.2 Å². The van der Waals surface area contributed by atoms with E-state index in [0.717, 1.165) is 25.3 Å². The first-order valence-electron chi connectivity index (χ1n) is 8.05. The molecule has 2 rings (SSSR count). The molecule has 0 unspecified atom stereocenters. The zero-order chi connectivity index (χ0) is 20.9. The molecular weight excluding hydrogens is 397 g/mol. The molecule has 0 bridgehead atoms. The lowest BCUT2D eigenvalue weighted by atomic mass is 10.1. The number of ether oxygens (including phenoxy) is 1. The van der Waals surface area contributed by atoms with Gasteiger partial charge in [-0.3, -0.25) is 0 Å². The largest absolute Gasteiger partial charge is 0.463 e. The lowest BCUT2D eigenvalue weighted by molar-refractivity contribution is -0.138. The Bertz CT molecular complexity index is 1000. The first-order chi connectivity index (χ1) is 13.1. The van der Waals surface area contributed by atoms with E-state index in [9.17, 15) is 26.4 Å². The number of aromatic nitrogens is 1. The van der Waals surface area contributed by atoms with Crippen LogP contribution in [0.5, 0.6) is 0 Å². The van der Waals surface area contributed by atoms with Crippen molar-refractivity contribution in [1.29, 1.82) is 0 Å². The molecule has 1 aromatic carbocycles. The van der Waals surface area contributed by atoms with Gasteiger partial charge < -0.3 is 4.74 Å². The van der Waals surface area contributed by atoms with Gasteiger partial charge in [-0.05, 0) is 50.4 Å². The van der Waals surface area contributed by atoms with E-state index in [1.54, 1.807) is 6.92 Å². The van der Waals surface area contributed by atoms with Crippen LogP contribution in [0.15, 0.2) is 47.4 Å². The third-order valence-electron chi connectivity index (χ3n) is 3.56. The molecule has 0 amide bonds. The number of hydrogen-bond acceptors (Lipinski definition) is 5. The average molecular weight is 414 g/mol. The van der Waals surface area contributed by atoms with Crippen LogP contribution in [0.3, 0.4) is 0 Å². The standard InChI is InChI=1S/C18H17F3N2O4S/c1-3-27-17(24)8-7-14-5-4-6-16(23-14)12-9-13(18(19,20)21)11-15(10-12)28(25,26)22-2/h4-11,22H,3H2,1-2H3. The summed E-state index contributed by atoms with van der Waals surface area (Å²) in [5.74, 6) is -0.587. The molecule has 0 fully saturated rings. The van der Waals surface area contributed by atoms with E-state index >= 15 is 0 Å². The van der Waals surface area contributed by atoms with Crippen molar-refractivity contribution in [2.24, 2.45) is 0 Å². The van der Waals surface area contributed by atoms with Gasteiger partial charge in [-0.2, -0.15) is 13.2 Å². The maximum atomic E-state index is 13.2. The number of carbonyl (C=O) groups excluding carboxylic acids is 1. The van der Waals surface area contributed by atoms with Gasteiger partial charge in [0.05, 0.1) is 28.5 Å². The topological polar surface area (TPSA) is 85.4 Å². The summed E-state index contributed by atoms with van der Waals surface area (Å²) in [6, 6.07) is 6.97. The van der Waals surface area contributed by atoms with Gasteiger partial charge in [0.25, 0.3) is 0 Å². The van der Waals surface area contributed by atoms with Gasteiger partial charge >= 0.3 is 12.1 Å². The molecule has 0 aliphatic rings. The molecular formula is C18H17F3N2O4S. The number of nitrogens with one attached hydrogen (secondary N) is 1. The molecule has 0 saturated carbocycles. The predicted molar refractivity (Wildman–Crippen MR) is 96.6 cm³/mol. The fourth-order valence-electron chi connectivity index (χ4n) is 2.23. The van der Waals surface area contributed by atoms with Crippen LogP contribution >= 0.6 is 0 Å². The van der Waals surface area contributed by atoms with Gasteiger partial charge in [-0.1, -0.05) is 6.07 Å².